The number of hydrogen-bond donors (Lipinski definition) is 0. The van der Waals surface area contributed by atoms with E-state index in [9.17, 15) is 0 Å². The van der Waals surface area contributed by atoms with Gasteiger partial charge < -0.3 is 13.6 Å². The van der Waals surface area contributed by atoms with Crippen molar-refractivity contribution in [3.05, 3.63) is 12.2 Å². The van der Waals surface area contributed by atoms with Crippen LogP contribution in [0.15, 0.2) is 12.2 Å². The third-order valence-electron chi connectivity index (χ3n) is 11.2. The fourth-order valence-electron chi connectivity index (χ4n) is 9.62. The maximum absolute atomic E-state index is 6.99. The summed E-state index contributed by atoms with van der Waals surface area (Å²) < 4.78 is 20.9. The van der Waals surface area contributed by atoms with Gasteiger partial charge in [-0.15, -0.1) is 0 Å². The highest BCUT2D eigenvalue weighted by molar-refractivity contribution is 7.41. The van der Waals surface area contributed by atoms with E-state index >= 15 is 0 Å². The van der Waals surface area contributed by atoms with Gasteiger partial charge in [0.1, 0.15) is 0 Å². The quantitative estimate of drug-likeness (QED) is 0.293. The maximum Gasteiger partial charge on any atom is 0.333 e. The molecule has 1 saturated heterocycles. The highest BCUT2D eigenvalue weighted by Crippen LogP contribution is 2.62. The van der Waals surface area contributed by atoms with E-state index in [4.69, 9.17) is 13.6 Å². The molecule has 6 rings (SSSR count). The summed E-state index contributed by atoms with van der Waals surface area (Å²) in [5, 5.41) is 0. The van der Waals surface area contributed by atoms with E-state index in [1.807, 2.05) is 0 Å². The van der Waals surface area contributed by atoms with E-state index in [0.717, 1.165) is 36.0 Å². The van der Waals surface area contributed by atoms with Gasteiger partial charge in [-0.3, -0.25) is 0 Å². The molecule has 0 spiro atoms. The predicted octanol–water partition coefficient (Wildman–Crippen LogP) is 8.83. The Bertz CT molecular complexity index is 686. The van der Waals surface area contributed by atoms with Crippen LogP contribution in [-0.2, 0) is 13.6 Å². The molecular formula is C30H49O3P. The van der Waals surface area contributed by atoms with Gasteiger partial charge in [0.05, 0.1) is 18.3 Å². The van der Waals surface area contributed by atoms with Crippen molar-refractivity contribution in [1.29, 1.82) is 0 Å². The molecule has 0 aromatic heterocycles. The summed E-state index contributed by atoms with van der Waals surface area (Å²) in [6.45, 7) is 8.91. The fourth-order valence-corrected chi connectivity index (χ4v) is 11.2. The van der Waals surface area contributed by atoms with Crippen LogP contribution in [0.2, 0.25) is 0 Å². The lowest BCUT2D eigenvalue weighted by Gasteiger charge is -2.53. The van der Waals surface area contributed by atoms with Gasteiger partial charge in [0.25, 0.3) is 0 Å². The monoisotopic (exact) mass is 488 g/mol. The van der Waals surface area contributed by atoms with Crippen LogP contribution in [0, 0.1) is 47.3 Å². The molecule has 5 saturated carbocycles. The van der Waals surface area contributed by atoms with E-state index in [2.05, 4.69) is 20.4 Å². The van der Waals surface area contributed by atoms with E-state index in [-0.39, 0.29) is 6.10 Å². The minimum absolute atomic E-state index is 0.222. The van der Waals surface area contributed by atoms with Gasteiger partial charge in [-0.25, -0.2) is 0 Å². The first kappa shape index (κ1) is 24.4. The standard InChI is InChI=1S/C30H49O3P/c1-19(2)23-15-12-20(3)18-28(23)33-34-31-26-16-13-21-8-4-6-10-24(21)29(26)30-25-11-7-5-9-22(25)14-17-27(30)32-34/h20-30H,1,4-18H2,2-3H3/t20-,21?,22?,23+,24?,25?,26?,27?,28-,29?,30?,34?/m1/s1. The van der Waals surface area contributed by atoms with Gasteiger partial charge in [0.15, 0.2) is 0 Å². The number of hydrogen-bond acceptors (Lipinski definition) is 3. The summed E-state index contributed by atoms with van der Waals surface area (Å²) in [5.41, 5.74) is 1.28. The lowest BCUT2D eigenvalue weighted by Crippen LogP contribution is -2.51. The lowest BCUT2D eigenvalue weighted by molar-refractivity contribution is -0.0856. The lowest BCUT2D eigenvalue weighted by atomic mass is 9.53. The van der Waals surface area contributed by atoms with E-state index in [1.165, 1.54) is 95.5 Å². The molecule has 0 bridgehead atoms. The molecule has 8 unspecified atom stereocenters. The second kappa shape index (κ2) is 10.4. The predicted molar refractivity (Wildman–Crippen MR) is 139 cm³/mol. The third-order valence-corrected chi connectivity index (χ3v) is 12.6. The van der Waals surface area contributed by atoms with Gasteiger partial charge >= 0.3 is 8.60 Å². The normalized spacial score (nSPS) is 51.2. The highest BCUT2D eigenvalue weighted by atomic mass is 31.2. The average molecular weight is 489 g/mol. The Labute approximate surface area is 210 Å². The first-order valence-corrected chi connectivity index (χ1v) is 16.1. The van der Waals surface area contributed by atoms with Crippen molar-refractivity contribution in [1.82, 2.24) is 0 Å². The van der Waals surface area contributed by atoms with Crippen molar-refractivity contribution < 1.29 is 13.6 Å². The fraction of sp³-hybridized carbons (Fsp3) is 0.933. The Morgan fingerprint density at radius 3 is 1.85 bits per heavy atom. The number of rotatable bonds is 3. The molecule has 6 fully saturated rings. The van der Waals surface area contributed by atoms with E-state index in [1.54, 1.807) is 0 Å². The zero-order valence-corrected chi connectivity index (χ0v) is 22.7. The summed E-state index contributed by atoms with van der Waals surface area (Å²) in [6, 6.07) is 0. The van der Waals surface area contributed by atoms with Crippen LogP contribution >= 0.6 is 8.60 Å². The Morgan fingerprint density at radius 2 is 1.29 bits per heavy atom. The van der Waals surface area contributed by atoms with Crippen LogP contribution in [0.3, 0.4) is 0 Å². The van der Waals surface area contributed by atoms with Crippen LogP contribution in [0.4, 0.5) is 0 Å². The van der Waals surface area contributed by atoms with Crippen molar-refractivity contribution in [3.63, 3.8) is 0 Å². The topological polar surface area (TPSA) is 27.7 Å². The van der Waals surface area contributed by atoms with Crippen LogP contribution in [0.1, 0.15) is 110 Å². The third kappa shape index (κ3) is 4.70. The van der Waals surface area contributed by atoms with Crippen molar-refractivity contribution in [2.75, 3.05) is 0 Å². The Morgan fingerprint density at radius 1 is 0.735 bits per heavy atom. The van der Waals surface area contributed by atoms with Gasteiger partial charge in [-0.2, -0.15) is 0 Å². The Balaban J connectivity index is 1.28. The minimum atomic E-state index is -1.27. The molecule has 34 heavy (non-hydrogen) atoms. The van der Waals surface area contributed by atoms with Gasteiger partial charge in [0.2, 0.25) is 0 Å². The van der Waals surface area contributed by atoms with Crippen molar-refractivity contribution in [2.24, 2.45) is 47.3 Å². The first-order valence-electron chi connectivity index (χ1n) is 15.0. The van der Waals surface area contributed by atoms with Crippen molar-refractivity contribution in [3.8, 4) is 0 Å². The van der Waals surface area contributed by atoms with Gasteiger partial charge in [-0.05, 0) is 106 Å². The second-order valence-electron chi connectivity index (χ2n) is 13.3. The summed E-state index contributed by atoms with van der Waals surface area (Å²) >= 11 is 0. The molecule has 3 nitrogen and oxygen atoms in total. The zero-order chi connectivity index (χ0) is 23.2. The zero-order valence-electron chi connectivity index (χ0n) is 21.8. The van der Waals surface area contributed by atoms with Gasteiger partial charge in [0, 0.05) is 5.92 Å². The molecule has 1 aliphatic heterocycles. The van der Waals surface area contributed by atoms with Crippen LogP contribution in [0.25, 0.3) is 0 Å². The molecule has 0 radical (unpaired) electrons. The molecule has 5 aliphatic carbocycles. The average Bonchev–Trinajstić information content (AvgIpc) is 3.00. The minimum Gasteiger partial charge on any atom is -0.309 e. The Hall–Kier alpha value is 0.0500. The molecule has 0 amide bonds. The summed E-state index contributed by atoms with van der Waals surface area (Å²) in [7, 11) is -1.27. The first-order chi connectivity index (χ1) is 16.6. The molecule has 192 valence electrons. The van der Waals surface area contributed by atoms with Crippen LogP contribution in [-0.4, -0.2) is 18.3 Å². The molecule has 1 heterocycles. The molecule has 6 aliphatic rings. The van der Waals surface area contributed by atoms with Crippen molar-refractivity contribution in [2.45, 2.75) is 128 Å². The molecule has 0 aromatic rings. The van der Waals surface area contributed by atoms with Crippen LogP contribution in [0.5, 0.6) is 0 Å². The SMILES string of the molecule is C=C(C)[C@@H]1CC[C@@H](C)C[C@H]1OP1OC2CCC3CCCCC3C2C2C(CCC3CCCCC32)O1. The largest absolute Gasteiger partial charge is 0.333 e. The smallest absolute Gasteiger partial charge is 0.309 e. The molecule has 11 atom stereocenters. The highest BCUT2D eigenvalue weighted by Gasteiger charge is 2.55. The van der Waals surface area contributed by atoms with Crippen LogP contribution < -0.4 is 0 Å². The van der Waals surface area contributed by atoms with Crippen molar-refractivity contribution >= 4 is 8.60 Å². The molecular weight excluding hydrogens is 439 g/mol. The maximum atomic E-state index is 6.99. The number of fused-ring (bicyclic) bond motifs is 7. The Kier molecular flexibility index (Phi) is 7.48. The van der Waals surface area contributed by atoms with E-state index in [0.29, 0.717) is 30.0 Å². The molecule has 0 aromatic carbocycles. The summed E-state index contributed by atoms with van der Waals surface area (Å²) in [6.07, 6.45) is 21.4. The summed E-state index contributed by atoms with van der Waals surface area (Å²) in [4.78, 5) is 0. The van der Waals surface area contributed by atoms with E-state index < -0.39 is 8.60 Å². The summed E-state index contributed by atoms with van der Waals surface area (Å²) in [5.74, 6) is 6.25. The second-order valence-corrected chi connectivity index (χ2v) is 14.3. The molecule has 0 N–H and O–H groups in total. The molecule has 4 heteroatoms. The van der Waals surface area contributed by atoms with Gasteiger partial charge in [-0.1, -0.05) is 57.6 Å².